The maximum Gasteiger partial charge on any atom is 0.472 e. The van der Waals surface area contributed by atoms with Crippen LogP contribution in [0.15, 0.2) is 109 Å². The fourth-order valence-electron chi connectivity index (χ4n) is 10.2. The summed E-state index contributed by atoms with van der Waals surface area (Å²) in [6.07, 6.45) is 78.0. The molecule has 0 saturated carbocycles. The maximum atomic E-state index is 13.1. The summed E-state index contributed by atoms with van der Waals surface area (Å²) in [6, 6.07) is 0. The summed E-state index contributed by atoms with van der Waals surface area (Å²) in [5, 5.41) is 10.6. The molecule has 576 valence electrons. The molecule has 0 aromatic heterocycles. The fourth-order valence-corrected chi connectivity index (χ4v) is 11.8. The molecule has 0 aliphatic rings. The first-order chi connectivity index (χ1) is 48.7. The van der Waals surface area contributed by atoms with Crippen LogP contribution >= 0.6 is 15.6 Å². The molecule has 0 aliphatic heterocycles. The van der Waals surface area contributed by atoms with Crippen LogP contribution in [0.2, 0.25) is 0 Å². The largest absolute Gasteiger partial charge is 0.472 e. The molecule has 0 radical (unpaired) electrons. The van der Waals surface area contributed by atoms with Crippen LogP contribution in [0.3, 0.4) is 0 Å². The molecule has 5 atom stereocenters. The van der Waals surface area contributed by atoms with Gasteiger partial charge in [-0.05, 0) is 141 Å². The number of rotatable bonds is 73. The van der Waals surface area contributed by atoms with Gasteiger partial charge in [0.05, 0.1) is 26.4 Å². The lowest BCUT2D eigenvalue weighted by molar-refractivity contribution is -0.161. The average Bonchev–Trinajstić information content (AvgIpc) is 0.946. The van der Waals surface area contributed by atoms with Crippen molar-refractivity contribution in [2.75, 3.05) is 39.6 Å². The highest BCUT2D eigenvalue weighted by Gasteiger charge is 2.30. The molecule has 0 fully saturated rings. The third kappa shape index (κ3) is 72.1. The first-order valence-corrected chi connectivity index (χ1v) is 42.1. The quantitative estimate of drug-likeness (QED) is 0.0169. The predicted octanol–water partition coefficient (Wildman–Crippen LogP) is 22.6. The Labute approximate surface area is 607 Å². The molecule has 3 N–H and O–H groups in total. The van der Waals surface area contributed by atoms with Crippen LogP contribution < -0.4 is 0 Å². The highest BCUT2D eigenvalue weighted by molar-refractivity contribution is 7.47. The zero-order chi connectivity index (χ0) is 73.2. The van der Waals surface area contributed by atoms with Crippen LogP contribution in [-0.2, 0) is 65.4 Å². The fraction of sp³-hybridized carbons (Fsp3) is 0.728. The number of allylic oxidation sites excluding steroid dienone is 18. The number of carbonyl (C=O) groups excluding carboxylic acids is 4. The highest BCUT2D eigenvalue weighted by atomic mass is 31.2. The SMILES string of the molecule is CC/C=C\C/C=C\C/C=C\C/C=C\C/C=C\C/C=C\CCC(=O)OCC(COP(=O)(O)OCC(O)COP(=O)(O)OCC(COC(=O)CCCCCCC/C=C\CCCCCC)OC(=O)CCCCCCC/C=C\CCCCCC)OC(=O)CCCCCCC/C=C\CCCCCCCC. The normalized spacial score (nSPS) is 14.5. The van der Waals surface area contributed by atoms with Gasteiger partial charge < -0.3 is 33.8 Å². The molecule has 19 heteroatoms. The lowest BCUT2D eigenvalue weighted by atomic mass is 10.1. The number of esters is 4. The second-order valence-corrected chi connectivity index (χ2v) is 28.8. The molecule has 0 aliphatic carbocycles. The Balaban J connectivity index is 5.42. The summed E-state index contributed by atoms with van der Waals surface area (Å²) >= 11 is 0. The molecular weight excluding hydrogens is 1310 g/mol. The van der Waals surface area contributed by atoms with E-state index in [9.17, 15) is 43.2 Å². The minimum Gasteiger partial charge on any atom is -0.462 e. The number of phosphoric ester groups is 2. The predicted molar refractivity (Wildman–Crippen MR) is 408 cm³/mol. The van der Waals surface area contributed by atoms with Crippen LogP contribution in [0.4, 0.5) is 0 Å². The monoisotopic (exact) mass is 1450 g/mol. The van der Waals surface area contributed by atoms with Crippen molar-refractivity contribution in [2.24, 2.45) is 0 Å². The molecule has 0 bridgehead atoms. The molecule has 17 nitrogen and oxygen atoms in total. The maximum absolute atomic E-state index is 13.1. The van der Waals surface area contributed by atoms with E-state index in [2.05, 4.69) is 119 Å². The Morgan fingerprint density at radius 1 is 0.290 bits per heavy atom. The van der Waals surface area contributed by atoms with Gasteiger partial charge in [0.25, 0.3) is 0 Å². The zero-order valence-electron chi connectivity index (χ0n) is 62.8. The van der Waals surface area contributed by atoms with Crippen LogP contribution in [0.1, 0.15) is 323 Å². The van der Waals surface area contributed by atoms with Gasteiger partial charge in [-0.15, -0.1) is 0 Å². The first-order valence-electron chi connectivity index (χ1n) is 39.1. The van der Waals surface area contributed by atoms with E-state index in [4.69, 9.17) is 37.0 Å². The lowest BCUT2D eigenvalue weighted by Crippen LogP contribution is -2.30. The lowest BCUT2D eigenvalue weighted by Gasteiger charge is -2.21. The van der Waals surface area contributed by atoms with Crippen molar-refractivity contribution >= 4 is 39.5 Å². The Hall–Kier alpha value is -4.28. The summed E-state index contributed by atoms with van der Waals surface area (Å²) in [5.74, 6) is -2.29. The van der Waals surface area contributed by atoms with Gasteiger partial charge in [0.1, 0.15) is 19.3 Å². The molecule has 0 aromatic rings. The molecule has 0 aromatic carbocycles. The van der Waals surface area contributed by atoms with Crippen LogP contribution in [0.25, 0.3) is 0 Å². The third-order valence-corrected chi connectivity index (χ3v) is 18.1. The van der Waals surface area contributed by atoms with Gasteiger partial charge in [-0.1, -0.05) is 265 Å². The third-order valence-electron chi connectivity index (χ3n) is 16.2. The number of phosphoric acid groups is 2. The van der Waals surface area contributed by atoms with E-state index in [-0.39, 0.29) is 25.7 Å². The van der Waals surface area contributed by atoms with E-state index in [0.717, 1.165) is 148 Å². The minimum absolute atomic E-state index is 0.0337. The van der Waals surface area contributed by atoms with E-state index in [1.54, 1.807) is 0 Å². The molecule has 0 spiro atoms. The number of aliphatic hydroxyl groups excluding tert-OH is 1. The van der Waals surface area contributed by atoms with Crippen molar-refractivity contribution < 1.29 is 80.2 Å². The zero-order valence-corrected chi connectivity index (χ0v) is 64.6. The Kier molecular flexibility index (Phi) is 69.9. The summed E-state index contributed by atoms with van der Waals surface area (Å²) in [4.78, 5) is 72.8. The average molecular weight is 1450 g/mol. The van der Waals surface area contributed by atoms with Gasteiger partial charge in [-0.25, -0.2) is 9.13 Å². The van der Waals surface area contributed by atoms with Crippen molar-refractivity contribution in [1.29, 1.82) is 0 Å². The molecular formula is C81H140O17P2. The number of ether oxygens (including phenoxy) is 4. The smallest absolute Gasteiger partial charge is 0.462 e. The number of aliphatic hydroxyl groups is 1. The molecule has 100 heavy (non-hydrogen) atoms. The van der Waals surface area contributed by atoms with Crippen molar-refractivity contribution in [3.05, 3.63) is 109 Å². The standard InChI is InChI=1S/C81H140O17P2/c1-5-9-13-17-21-25-29-33-35-36-37-38-40-43-46-50-54-58-62-66-79(84)92-72-77(98-81(86)68-64-60-56-52-48-44-39-34-30-26-22-18-14-10-6-2)74-96-100(89,90)94-70-75(82)69-93-99(87,88)95-73-76(97-80(85)67-63-59-55-51-47-42-32-28-24-20-16-12-8-4)71-91-78(83)65-61-57-53-49-45-41-31-27-23-19-15-11-7-3/h9,13,21,25,27-28,31-35,37-39,43,46,54,58,75-77,82H,5-8,10-12,14-20,22-24,26,29-30,36,40-42,44-45,47-53,55-57,59-74H2,1-4H3,(H,87,88)(H,89,90)/b13-9-,25-21-,31-27-,32-28-,35-33-,38-37-,39-34-,46-43-,58-54-. The van der Waals surface area contributed by atoms with Crippen LogP contribution in [-0.4, -0.2) is 96.7 Å². The van der Waals surface area contributed by atoms with Gasteiger partial charge in [0.15, 0.2) is 12.2 Å². The van der Waals surface area contributed by atoms with Crippen LogP contribution in [0, 0.1) is 0 Å². The minimum atomic E-state index is -4.99. The van der Waals surface area contributed by atoms with Gasteiger partial charge in [0.2, 0.25) is 0 Å². The summed E-state index contributed by atoms with van der Waals surface area (Å²) < 4.78 is 68.4. The van der Waals surface area contributed by atoms with E-state index < -0.39 is 97.5 Å². The Bertz CT molecular complexity index is 2320. The van der Waals surface area contributed by atoms with E-state index in [0.29, 0.717) is 32.1 Å². The molecule has 0 heterocycles. The van der Waals surface area contributed by atoms with Crippen LogP contribution in [0.5, 0.6) is 0 Å². The topological polar surface area (TPSA) is 237 Å². The van der Waals surface area contributed by atoms with Gasteiger partial charge in [-0.3, -0.25) is 37.3 Å². The Morgan fingerprint density at radius 2 is 0.540 bits per heavy atom. The summed E-state index contributed by atoms with van der Waals surface area (Å²) in [6.45, 7) is 4.63. The first kappa shape index (κ1) is 95.7. The number of carbonyl (C=O) groups is 4. The molecule has 0 rings (SSSR count). The molecule has 0 amide bonds. The molecule has 5 unspecified atom stereocenters. The van der Waals surface area contributed by atoms with Crippen molar-refractivity contribution in [2.45, 2.75) is 341 Å². The van der Waals surface area contributed by atoms with E-state index in [1.807, 2.05) is 18.2 Å². The number of hydrogen-bond acceptors (Lipinski definition) is 15. The summed E-state index contributed by atoms with van der Waals surface area (Å²) in [7, 11) is -9.97. The highest BCUT2D eigenvalue weighted by Crippen LogP contribution is 2.45. The van der Waals surface area contributed by atoms with Crippen molar-refractivity contribution in [3.63, 3.8) is 0 Å². The summed E-state index contributed by atoms with van der Waals surface area (Å²) in [5.41, 5.74) is 0. The van der Waals surface area contributed by atoms with Crippen molar-refractivity contribution in [1.82, 2.24) is 0 Å². The molecule has 0 saturated heterocycles. The van der Waals surface area contributed by atoms with E-state index >= 15 is 0 Å². The van der Waals surface area contributed by atoms with Crippen molar-refractivity contribution in [3.8, 4) is 0 Å². The van der Waals surface area contributed by atoms with E-state index in [1.165, 1.54) is 89.9 Å². The number of unbranched alkanes of at least 4 members (excludes halogenated alkanes) is 29. The second kappa shape index (κ2) is 73.0. The number of hydrogen-bond donors (Lipinski definition) is 3. The van der Waals surface area contributed by atoms with Gasteiger partial charge in [0, 0.05) is 25.7 Å². The second-order valence-electron chi connectivity index (χ2n) is 25.9. The van der Waals surface area contributed by atoms with Gasteiger partial charge >= 0.3 is 39.5 Å². The Morgan fingerprint density at radius 3 is 0.870 bits per heavy atom. The van der Waals surface area contributed by atoms with Gasteiger partial charge in [-0.2, -0.15) is 0 Å².